The van der Waals surface area contributed by atoms with Gasteiger partial charge in [0.1, 0.15) is 5.78 Å². The van der Waals surface area contributed by atoms with Gasteiger partial charge >= 0.3 is 0 Å². The molecule has 1 aromatic carbocycles. The Bertz CT molecular complexity index is 565. The molecule has 1 aliphatic rings. The predicted molar refractivity (Wildman–Crippen MR) is 64.7 cm³/mol. The SMILES string of the molecule is CC(=O)Cc1c[nH]c2cc3c(cc12)CCC3. The number of aromatic nitrogens is 1. The molecule has 1 heterocycles. The van der Waals surface area contributed by atoms with Crippen molar-refractivity contribution >= 4 is 16.7 Å². The highest BCUT2D eigenvalue weighted by Crippen LogP contribution is 2.29. The summed E-state index contributed by atoms with van der Waals surface area (Å²) in [6, 6.07) is 4.52. The third-order valence-electron chi connectivity index (χ3n) is 3.42. The molecule has 0 bridgehead atoms. The molecule has 0 saturated heterocycles. The summed E-state index contributed by atoms with van der Waals surface area (Å²) in [5.74, 6) is 0.224. The Labute approximate surface area is 94.7 Å². The molecule has 1 aliphatic carbocycles. The van der Waals surface area contributed by atoms with Crippen LogP contribution in [0.3, 0.4) is 0 Å². The number of Topliss-reactive ketones (excluding diaryl/α,β-unsaturated/α-hetero) is 1. The van der Waals surface area contributed by atoms with E-state index in [4.69, 9.17) is 0 Å². The zero-order chi connectivity index (χ0) is 11.1. The highest BCUT2D eigenvalue weighted by atomic mass is 16.1. The second-order valence-electron chi connectivity index (χ2n) is 4.71. The van der Waals surface area contributed by atoms with E-state index in [0.29, 0.717) is 6.42 Å². The molecule has 16 heavy (non-hydrogen) atoms. The molecule has 0 saturated carbocycles. The van der Waals surface area contributed by atoms with Gasteiger partial charge < -0.3 is 4.98 Å². The molecule has 0 amide bonds. The second kappa shape index (κ2) is 3.48. The van der Waals surface area contributed by atoms with Crippen molar-refractivity contribution in [3.05, 3.63) is 35.0 Å². The van der Waals surface area contributed by atoms with Crippen LogP contribution in [-0.4, -0.2) is 10.8 Å². The maximum Gasteiger partial charge on any atom is 0.134 e. The fourth-order valence-electron chi connectivity index (χ4n) is 2.67. The molecule has 0 atom stereocenters. The molecule has 1 aromatic heterocycles. The number of carbonyl (C=O) groups excluding carboxylic acids is 1. The predicted octanol–water partition coefficient (Wildman–Crippen LogP) is 2.79. The van der Waals surface area contributed by atoms with Gasteiger partial charge in [0.2, 0.25) is 0 Å². The first-order chi connectivity index (χ1) is 7.74. The number of rotatable bonds is 2. The van der Waals surface area contributed by atoms with Gasteiger partial charge in [-0.25, -0.2) is 0 Å². The molecule has 2 aromatic rings. The third-order valence-corrected chi connectivity index (χ3v) is 3.42. The molecule has 0 radical (unpaired) electrons. The van der Waals surface area contributed by atoms with Crippen LogP contribution in [0.5, 0.6) is 0 Å². The van der Waals surface area contributed by atoms with Gasteiger partial charge in [-0.2, -0.15) is 0 Å². The van der Waals surface area contributed by atoms with Crippen molar-refractivity contribution in [1.82, 2.24) is 4.98 Å². The van der Waals surface area contributed by atoms with E-state index in [1.165, 1.54) is 41.3 Å². The van der Waals surface area contributed by atoms with E-state index in [2.05, 4.69) is 17.1 Å². The maximum atomic E-state index is 11.2. The van der Waals surface area contributed by atoms with Crippen LogP contribution in [0.25, 0.3) is 10.9 Å². The van der Waals surface area contributed by atoms with E-state index in [9.17, 15) is 4.79 Å². The summed E-state index contributed by atoms with van der Waals surface area (Å²) >= 11 is 0. The van der Waals surface area contributed by atoms with Crippen molar-refractivity contribution in [3.63, 3.8) is 0 Å². The van der Waals surface area contributed by atoms with Crippen molar-refractivity contribution in [2.45, 2.75) is 32.6 Å². The van der Waals surface area contributed by atoms with E-state index in [1.807, 2.05) is 6.20 Å². The van der Waals surface area contributed by atoms with Gasteiger partial charge in [-0.15, -0.1) is 0 Å². The van der Waals surface area contributed by atoms with Gasteiger partial charge in [0, 0.05) is 23.5 Å². The number of hydrogen-bond donors (Lipinski definition) is 1. The minimum absolute atomic E-state index is 0.224. The first-order valence-corrected chi connectivity index (χ1v) is 5.85. The standard InChI is InChI=1S/C14H15NO/c1-9(16)5-12-8-15-14-7-11-4-2-3-10(11)6-13(12)14/h6-8,15H,2-5H2,1H3. The lowest BCUT2D eigenvalue weighted by Crippen LogP contribution is -1.95. The molecule has 0 fully saturated rings. The lowest BCUT2D eigenvalue weighted by Gasteiger charge is -2.01. The summed E-state index contributed by atoms with van der Waals surface area (Å²) in [7, 11) is 0. The average Bonchev–Trinajstić information content (AvgIpc) is 2.81. The van der Waals surface area contributed by atoms with Crippen molar-refractivity contribution in [3.8, 4) is 0 Å². The molecule has 3 rings (SSSR count). The Morgan fingerprint density at radius 3 is 2.81 bits per heavy atom. The van der Waals surface area contributed by atoms with Crippen LogP contribution >= 0.6 is 0 Å². The largest absolute Gasteiger partial charge is 0.361 e. The summed E-state index contributed by atoms with van der Waals surface area (Å²) in [6.07, 6.45) is 6.17. The molecule has 0 spiro atoms. The Kier molecular flexibility index (Phi) is 2.10. The lowest BCUT2D eigenvalue weighted by atomic mass is 10.0. The molecule has 1 N–H and O–H groups in total. The van der Waals surface area contributed by atoms with Crippen LogP contribution < -0.4 is 0 Å². The van der Waals surface area contributed by atoms with Crippen LogP contribution in [0.2, 0.25) is 0 Å². The lowest BCUT2D eigenvalue weighted by molar-refractivity contribution is -0.116. The first kappa shape index (κ1) is 9.64. The van der Waals surface area contributed by atoms with Gasteiger partial charge in [-0.1, -0.05) is 0 Å². The van der Waals surface area contributed by atoms with E-state index < -0.39 is 0 Å². The smallest absolute Gasteiger partial charge is 0.134 e. The first-order valence-electron chi connectivity index (χ1n) is 5.85. The summed E-state index contributed by atoms with van der Waals surface area (Å²) in [5, 5.41) is 1.23. The van der Waals surface area contributed by atoms with Crippen LogP contribution in [0, 0.1) is 0 Å². The zero-order valence-corrected chi connectivity index (χ0v) is 9.47. The highest BCUT2D eigenvalue weighted by Gasteiger charge is 2.14. The fourth-order valence-corrected chi connectivity index (χ4v) is 2.67. The van der Waals surface area contributed by atoms with E-state index >= 15 is 0 Å². The molecule has 0 aliphatic heterocycles. The number of ketones is 1. The monoisotopic (exact) mass is 213 g/mol. The number of aryl methyl sites for hydroxylation is 2. The number of H-pyrrole nitrogens is 1. The Hall–Kier alpha value is -1.57. The summed E-state index contributed by atoms with van der Waals surface area (Å²) in [5.41, 5.74) is 5.26. The van der Waals surface area contributed by atoms with E-state index in [1.54, 1.807) is 6.92 Å². The third kappa shape index (κ3) is 1.45. The van der Waals surface area contributed by atoms with E-state index in [-0.39, 0.29) is 5.78 Å². The van der Waals surface area contributed by atoms with Gasteiger partial charge in [-0.3, -0.25) is 4.79 Å². The molecular weight excluding hydrogens is 198 g/mol. The molecular formula is C14H15NO. The van der Waals surface area contributed by atoms with Crippen molar-refractivity contribution in [1.29, 1.82) is 0 Å². The van der Waals surface area contributed by atoms with Crippen molar-refractivity contribution < 1.29 is 4.79 Å². The van der Waals surface area contributed by atoms with Gasteiger partial charge in [0.15, 0.2) is 0 Å². The quantitative estimate of drug-likeness (QED) is 0.817. The van der Waals surface area contributed by atoms with Crippen LogP contribution in [0.4, 0.5) is 0 Å². The van der Waals surface area contributed by atoms with Crippen molar-refractivity contribution in [2.75, 3.05) is 0 Å². The number of aromatic amines is 1. The summed E-state index contributed by atoms with van der Waals surface area (Å²) in [4.78, 5) is 14.4. The van der Waals surface area contributed by atoms with E-state index in [0.717, 1.165) is 5.56 Å². The van der Waals surface area contributed by atoms with Crippen molar-refractivity contribution in [2.24, 2.45) is 0 Å². The molecule has 0 unspecified atom stereocenters. The van der Waals surface area contributed by atoms with Gasteiger partial charge in [0.25, 0.3) is 0 Å². The molecule has 82 valence electrons. The minimum atomic E-state index is 0.224. The van der Waals surface area contributed by atoms with Crippen LogP contribution in [0.15, 0.2) is 18.3 Å². The van der Waals surface area contributed by atoms with Crippen LogP contribution in [0.1, 0.15) is 30.0 Å². The Balaban J connectivity index is 2.15. The highest BCUT2D eigenvalue weighted by molar-refractivity contribution is 5.89. The summed E-state index contributed by atoms with van der Waals surface area (Å²) in [6.45, 7) is 1.65. The minimum Gasteiger partial charge on any atom is -0.361 e. The average molecular weight is 213 g/mol. The normalized spacial score (nSPS) is 14.3. The number of hydrogen-bond acceptors (Lipinski definition) is 1. The van der Waals surface area contributed by atoms with Gasteiger partial charge in [0.05, 0.1) is 0 Å². The Morgan fingerprint density at radius 2 is 2.06 bits per heavy atom. The number of carbonyl (C=O) groups is 1. The molecule has 2 heteroatoms. The zero-order valence-electron chi connectivity index (χ0n) is 9.47. The molecule has 2 nitrogen and oxygen atoms in total. The maximum absolute atomic E-state index is 11.2. The van der Waals surface area contributed by atoms with Crippen LogP contribution in [-0.2, 0) is 24.1 Å². The van der Waals surface area contributed by atoms with Gasteiger partial charge in [-0.05, 0) is 55.0 Å². The Morgan fingerprint density at radius 1 is 1.31 bits per heavy atom. The number of nitrogens with one attached hydrogen (secondary N) is 1. The topological polar surface area (TPSA) is 32.9 Å². The number of fused-ring (bicyclic) bond motifs is 2. The number of benzene rings is 1. The summed E-state index contributed by atoms with van der Waals surface area (Å²) < 4.78 is 0. The second-order valence-corrected chi connectivity index (χ2v) is 4.71. The fraction of sp³-hybridized carbons (Fsp3) is 0.357.